The summed E-state index contributed by atoms with van der Waals surface area (Å²) in [6, 6.07) is 12.9. The Kier molecular flexibility index (Phi) is 6.60. The smallest absolute Gasteiger partial charge is 0.254 e. The van der Waals surface area contributed by atoms with E-state index in [0.29, 0.717) is 36.0 Å². The highest BCUT2D eigenvalue weighted by Crippen LogP contribution is 2.32. The maximum Gasteiger partial charge on any atom is 0.254 e. The lowest BCUT2D eigenvalue weighted by Gasteiger charge is -2.33. The van der Waals surface area contributed by atoms with Crippen molar-refractivity contribution in [3.05, 3.63) is 65.8 Å². The molecule has 1 saturated heterocycles. The summed E-state index contributed by atoms with van der Waals surface area (Å²) >= 11 is 0. The zero-order valence-electron chi connectivity index (χ0n) is 17.6. The largest absolute Gasteiger partial charge is 0.494 e. The van der Waals surface area contributed by atoms with Crippen molar-refractivity contribution in [2.45, 2.75) is 45.1 Å². The second-order valence-electron chi connectivity index (χ2n) is 7.70. The predicted octanol–water partition coefficient (Wildman–Crippen LogP) is 5.42. The SMILES string of the molecule is CCCCOc1ccc(C(=O)N2CCCCC2c2nc(-c3ccc(F)cc3)no2)cc1. The molecular weight excluding hydrogens is 397 g/mol. The van der Waals surface area contributed by atoms with Gasteiger partial charge in [-0.05, 0) is 74.2 Å². The summed E-state index contributed by atoms with van der Waals surface area (Å²) in [4.78, 5) is 19.5. The molecular formula is C24H26FN3O3. The Morgan fingerprint density at radius 1 is 1.16 bits per heavy atom. The fourth-order valence-corrected chi connectivity index (χ4v) is 3.71. The number of carbonyl (C=O) groups is 1. The maximum atomic E-state index is 13.2. The van der Waals surface area contributed by atoms with E-state index in [1.54, 1.807) is 29.2 Å². The molecule has 3 aromatic rings. The Hall–Kier alpha value is -3.22. The summed E-state index contributed by atoms with van der Waals surface area (Å²) in [5, 5.41) is 4.04. The molecule has 2 aromatic carbocycles. The van der Waals surface area contributed by atoms with E-state index in [2.05, 4.69) is 17.1 Å². The number of halogens is 1. The summed E-state index contributed by atoms with van der Waals surface area (Å²) in [7, 11) is 0. The quantitative estimate of drug-likeness (QED) is 0.475. The molecule has 0 saturated carbocycles. The first-order valence-electron chi connectivity index (χ1n) is 10.8. The molecule has 1 unspecified atom stereocenters. The van der Waals surface area contributed by atoms with Gasteiger partial charge in [-0.15, -0.1) is 0 Å². The number of rotatable bonds is 7. The highest BCUT2D eigenvalue weighted by atomic mass is 19.1. The number of carbonyl (C=O) groups excluding carboxylic acids is 1. The summed E-state index contributed by atoms with van der Waals surface area (Å²) in [6.45, 7) is 3.42. The molecule has 7 heteroatoms. The number of unbranched alkanes of at least 4 members (excludes halogenated alkanes) is 1. The van der Waals surface area contributed by atoms with E-state index >= 15 is 0 Å². The number of likely N-dealkylation sites (tertiary alicyclic amines) is 1. The molecule has 1 aliphatic rings. The van der Waals surface area contributed by atoms with Crippen molar-refractivity contribution >= 4 is 5.91 Å². The molecule has 0 N–H and O–H groups in total. The third-order valence-electron chi connectivity index (χ3n) is 5.46. The summed E-state index contributed by atoms with van der Waals surface area (Å²) in [6.07, 6.45) is 4.74. The molecule has 1 aromatic heterocycles. The molecule has 2 heterocycles. The van der Waals surface area contributed by atoms with Crippen LogP contribution >= 0.6 is 0 Å². The number of aromatic nitrogens is 2. The van der Waals surface area contributed by atoms with Crippen LogP contribution < -0.4 is 4.74 Å². The second kappa shape index (κ2) is 9.73. The fourth-order valence-electron chi connectivity index (χ4n) is 3.71. The lowest BCUT2D eigenvalue weighted by atomic mass is 10.0. The van der Waals surface area contributed by atoms with Crippen LogP contribution in [0, 0.1) is 5.82 Å². The van der Waals surface area contributed by atoms with Gasteiger partial charge in [0.1, 0.15) is 17.6 Å². The van der Waals surface area contributed by atoms with Gasteiger partial charge in [0.2, 0.25) is 11.7 Å². The third kappa shape index (κ3) is 4.93. The van der Waals surface area contributed by atoms with Gasteiger partial charge in [-0.3, -0.25) is 4.79 Å². The van der Waals surface area contributed by atoms with E-state index < -0.39 is 0 Å². The van der Waals surface area contributed by atoms with Crippen molar-refractivity contribution in [3.63, 3.8) is 0 Å². The van der Waals surface area contributed by atoms with E-state index in [4.69, 9.17) is 9.26 Å². The van der Waals surface area contributed by atoms with Crippen LogP contribution in [-0.2, 0) is 0 Å². The van der Waals surface area contributed by atoms with Crippen LogP contribution in [0.15, 0.2) is 53.1 Å². The first-order chi connectivity index (χ1) is 15.2. The highest BCUT2D eigenvalue weighted by molar-refractivity contribution is 5.94. The van der Waals surface area contributed by atoms with Gasteiger partial charge in [0, 0.05) is 17.7 Å². The molecule has 1 fully saturated rings. The number of nitrogens with zero attached hydrogens (tertiary/aromatic N) is 3. The molecule has 31 heavy (non-hydrogen) atoms. The molecule has 1 aliphatic heterocycles. The average Bonchev–Trinajstić information content (AvgIpc) is 3.30. The van der Waals surface area contributed by atoms with Gasteiger partial charge in [0.05, 0.1) is 6.61 Å². The Morgan fingerprint density at radius 3 is 2.68 bits per heavy atom. The molecule has 1 atom stereocenters. The average molecular weight is 423 g/mol. The Morgan fingerprint density at radius 2 is 1.94 bits per heavy atom. The minimum Gasteiger partial charge on any atom is -0.494 e. The number of hydrogen-bond acceptors (Lipinski definition) is 5. The van der Waals surface area contributed by atoms with Crippen molar-refractivity contribution in [2.75, 3.05) is 13.2 Å². The standard InChI is InChI=1S/C24H26FN3O3/c1-2-3-16-30-20-13-9-18(10-14-20)24(29)28-15-5-4-6-21(28)23-26-22(27-31-23)17-7-11-19(25)12-8-17/h7-14,21H,2-6,15-16H2,1H3. The van der Waals surface area contributed by atoms with Gasteiger partial charge < -0.3 is 14.2 Å². The van der Waals surface area contributed by atoms with Crippen LogP contribution in [0.2, 0.25) is 0 Å². The normalized spacial score (nSPS) is 16.3. The van der Waals surface area contributed by atoms with Gasteiger partial charge in [0.25, 0.3) is 5.91 Å². The Bertz CT molecular complexity index is 1000. The molecule has 4 rings (SSSR count). The first kappa shape index (κ1) is 21.0. The van der Waals surface area contributed by atoms with Crippen molar-refractivity contribution in [2.24, 2.45) is 0 Å². The van der Waals surface area contributed by atoms with E-state index in [9.17, 15) is 9.18 Å². The van der Waals surface area contributed by atoms with E-state index in [1.165, 1.54) is 12.1 Å². The maximum absolute atomic E-state index is 13.2. The third-order valence-corrected chi connectivity index (χ3v) is 5.46. The zero-order chi connectivity index (χ0) is 21.6. The zero-order valence-corrected chi connectivity index (χ0v) is 17.6. The summed E-state index contributed by atoms with van der Waals surface area (Å²) in [5.74, 6) is 1.18. The van der Waals surface area contributed by atoms with Crippen molar-refractivity contribution in [1.29, 1.82) is 0 Å². The van der Waals surface area contributed by atoms with Crippen LogP contribution in [-0.4, -0.2) is 34.1 Å². The van der Waals surface area contributed by atoms with Gasteiger partial charge in [0.15, 0.2) is 0 Å². The molecule has 0 bridgehead atoms. The van der Waals surface area contributed by atoms with Gasteiger partial charge in [-0.1, -0.05) is 18.5 Å². The monoisotopic (exact) mass is 423 g/mol. The Balaban J connectivity index is 1.50. The van der Waals surface area contributed by atoms with Gasteiger partial charge in [-0.2, -0.15) is 4.98 Å². The number of ether oxygens (including phenoxy) is 1. The molecule has 0 aliphatic carbocycles. The van der Waals surface area contributed by atoms with Crippen LogP contribution in [0.1, 0.15) is 61.3 Å². The fraction of sp³-hybridized carbons (Fsp3) is 0.375. The van der Waals surface area contributed by atoms with Crippen molar-refractivity contribution in [1.82, 2.24) is 15.0 Å². The van der Waals surface area contributed by atoms with E-state index in [1.807, 2.05) is 12.1 Å². The molecule has 0 radical (unpaired) electrons. The minimum absolute atomic E-state index is 0.0636. The lowest BCUT2D eigenvalue weighted by Crippen LogP contribution is -2.38. The van der Waals surface area contributed by atoms with Gasteiger partial charge in [-0.25, -0.2) is 4.39 Å². The molecule has 1 amide bonds. The van der Waals surface area contributed by atoms with E-state index in [-0.39, 0.29) is 17.8 Å². The number of amides is 1. The molecule has 6 nitrogen and oxygen atoms in total. The van der Waals surface area contributed by atoms with Crippen LogP contribution in [0.5, 0.6) is 5.75 Å². The summed E-state index contributed by atoms with van der Waals surface area (Å²) in [5.41, 5.74) is 1.27. The van der Waals surface area contributed by atoms with Crippen LogP contribution in [0.25, 0.3) is 11.4 Å². The van der Waals surface area contributed by atoms with Crippen LogP contribution in [0.3, 0.4) is 0 Å². The minimum atomic E-state index is -0.321. The van der Waals surface area contributed by atoms with Crippen molar-refractivity contribution < 1.29 is 18.4 Å². The van der Waals surface area contributed by atoms with Crippen molar-refractivity contribution in [3.8, 4) is 17.1 Å². The highest BCUT2D eigenvalue weighted by Gasteiger charge is 2.32. The first-order valence-corrected chi connectivity index (χ1v) is 10.8. The summed E-state index contributed by atoms with van der Waals surface area (Å²) < 4.78 is 24.4. The number of piperidine rings is 1. The van der Waals surface area contributed by atoms with Gasteiger partial charge >= 0.3 is 0 Å². The predicted molar refractivity (Wildman–Crippen MR) is 114 cm³/mol. The second-order valence-corrected chi connectivity index (χ2v) is 7.70. The van der Waals surface area contributed by atoms with E-state index in [0.717, 1.165) is 37.9 Å². The molecule has 162 valence electrons. The lowest BCUT2D eigenvalue weighted by molar-refractivity contribution is 0.0561. The Labute approximate surface area is 181 Å². The van der Waals surface area contributed by atoms with Crippen LogP contribution in [0.4, 0.5) is 4.39 Å². The topological polar surface area (TPSA) is 68.5 Å². The number of hydrogen-bond donors (Lipinski definition) is 0. The number of benzene rings is 2. The molecule has 0 spiro atoms.